The van der Waals surface area contributed by atoms with Crippen LogP contribution in [0.2, 0.25) is 0 Å². The normalized spacial score (nSPS) is 10.9. The molecule has 1 aromatic heterocycles. The lowest BCUT2D eigenvalue weighted by atomic mass is 10.1. The average Bonchev–Trinajstić information content (AvgIpc) is 3.20. The predicted octanol–water partition coefficient (Wildman–Crippen LogP) is 4.12. The summed E-state index contributed by atoms with van der Waals surface area (Å²) in [4.78, 5) is 25.0. The van der Waals surface area contributed by atoms with Crippen LogP contribution in [0.4, 0.5) is 5.69 Å². The maximum atomic E-state index is 12.1. The van der Waals surface area contributed by atoms with Gasteiger partial charge in [-0.15, -0.1) is 11.8 Å². The Kier molecular flexibility index (Phi) is 5.50. The summed E-state index contributed by atoms with van der Waals surface area (Å²) in [6.45, 7) is -0.342. The molecule has 8 heteroatoms. The summed E-state index contributed by atoms with van der Waals surface area (Å²) in [5, 5.41) is 4.97. The molecule has 4 aromatic rings. The number of esters is 1. The van der Waals surface area contributed by atoms with E-state index >= 15 is 0 Å². The molecule has 0 aliphatic rings. The number of anilines is 1. The van der Waals surface area contributed by atoms with E-state index < -0.39 is 11.9 Å². The Morgan fingerprint density at radius 2 is 1.86 bits per heavy atom. The van der Waals surface area contributed by atoms with Crippen molar-refractivity contribution in [2.24, 2.45) is 0 Å². The van der Waals surface area contributed by atoms with Gasteiger partial charge in [0.2, 0.25) is 0 Å². The number of nitrogens with zero attached hydrogens (tertiary/aromatic N) is 2. The quantitative estimate of drug-likeness (QED) is 0.381. The Hall–Kier alpha value is -2.97. The Bertz CT molecular complexity index is 1160. The molecule has 140 valence electrons. The van der Waals surface area contributed by atoms with E-state index in [4.69, 9.17) is 4.74 Å². The standard InChI is InChI=1S/C20H15N3O3S2/c24-18(21-16-6-3-7-17-20(16)23-28-22-17)11-26-19(25)12-27-15-9-8-13-4-1-2-5-14(13)10-15/h1-10H,11-12H2,(H,21,24). The van der Waals surface area contributed by atoms with Gasteiger partial charge in [-0.25, -0.2) is 0 Å². The van der Waals surface area contributed by atoms with Crippen LogP contribution in [0.25, 0.3) is 21.8 Å². The maximum Gasteiger partial charge on any atom is 0.316 e. The Balaban J connectivity index is 1.28. The molecule has 0 spiro atoms. The molecule has 1 heterocycles. The van der Waals surface area contributed by atoms with Gasteiger partial charge < -0.3 is 10.1 Å². The van der Waals surface area contributed by atoms with Gasteiger partial charge >= 0.3 is 5.97 Å². The largest absolute Gasteiger partial charge is 0.455 e. The highest BCUT2D eigenvalue weighted by atomic mass is 32.2. The van der Waals surface area contributed by atoms with Crippen molar-refractivity contribution < 1.29 is 14.3 Å². The fourth-order valence-electron chi connectivity index (χ4n) is 2.68. The van der Waals surface area contributed by atoms with Crippen molar-refractivity contribution in [3.05, 3.63) is 60.7 Å². The van der Waals surface area contributed by atoms with Gasteiger partial charge in [0.15, 0.2) is 6.61 Å². The zero-order valence-corrected chi connectivity index (χ0v) is 16.3. The first-order valence-corrected chi connectivity index (χ1v) is 10.2. The second kappa shape index (κ2) is 8.37. The van der Waals surface area contributed by atoms with E-state index in [1.54, 1.807) is 12.1 Å². The van der Waals surface area contributed by atoms with E-state index in [-0.39, 0.29) is 12.4 Å². The Morgan fingerprint density at radius 3 is 2.75 bits per heavy atom. The lowest BCUT2D eigenvalue weighted by Gasteiger charge is -2.07. The number of benzene rings is 3. The minimum absolute atomic E-state index is 0.136. The van der Waals surface area contributed by atoms with Gasteiger partial charge in [-0.1, -0.05) is 36.4 Å². The minimum atomic E-state index is -0.443. The lowest BCUT2D eigenvalue weighted by molar-refractivity contribution is -0.144. The van der Waals surface area contributed by atoms with Crippen LogP contribution in [-0.4, -0.2) is 33.0 Å². The average molecular weight is 409 g/mol. The molecule has 6 nitrogen and oxygen atoms in total. The van der Waals surface area contributed by atoms with Crippen molar-refractivity contribution in [2.45, 2.75) is 4.90 Å². The fourth-order valence-corrected chi connectivity index (χ4v) is 3.97. The molecule has 28 heavy (non-hydrogen) atoms. The zero-order valence-electron chi connectivity index (χ0n) is 14.6. The third-order valence-corrected chi connectivity index (χ3v) is 5.51. The molecule has 0 saturated carbocycles. The van der Waals surface area contributed by atoms with E-state index in [1.807, 2.05) is 48.5 Å². The van der Waals surface area contributed by atoms with Crippen LogP contribution in [0.15, 0.2) is 65.6 Å². The highest BCUT2D eigenvalue weighted by Gasteiger charge is 2.11. The first-order chi connectivity index (χ1) is 13.7. The zero-order chi connectivity index (χ0) is 19.3. The van der Waals surface area contributed by atoms with Gasteiger partial charge in [-0.3, -0.25) is 9.59 Å². The molecule has 1 amide bonds. The lowest BCUT2D eigenvalue weighted by Crippen LogP contribution is -2.21. The maximum absolute atomic E-state index is 12.1. The molecule has 3 aromatic carbocycles. The number of carbonyl (C=O) groups excluding carboxylic acids is 2. The SMILES string of the molecule is O=C(COC(=O)CSc1ccc2ccccc2c1)Nc1cccc2nsnc12. The van der Waals surface area contributed by atoms with Crippen molar-refractivity contribution in [1.82, 2.24) is 8.75 Å². The van der Waals surface area contributed by atoms with Crippen LogP contribution in [0.1, 0.15) is 0 Å². The van der Waals surface area contributed by atoms with Gasteiger partial charge in [0.05, 0.1) is 23.2 Å². The number of ether oxygens (including phenoxy) is 1. The van der Waals surface area contributed by atoms with Crippen molar-refractivity contribution in [3.8, 4) is 0 Å². The van der Waals surface area contributed by atoms with Crippen LogP contribution < -0.4 is 5.32 Å². The smallest absolute Gasteiger partial charge is 0.316 e. The van der Waals surface area contributed by atoms with Crippen LogP contribution in [0, 0.1) is 0 Å². The molecule has 0 saturated heterocycles. The number of carbonyl (C=O) groups is 2. The number of hydrogen-bond acceptors (Lipinski definition) is 7. The number of aromatic nitrogens is 2. The van der Waals surface area contributed by atoms with Crippen molar-refractivity contribution in [3.63, 3.8) is 0 Å². The number of rotatable bonds is 6. The van der Waals surface area contributed by atoms with Crippen molar-refractivity contribution >= 4 is 62.9 Å². The third kappa shape index (κ3) is 4.29. The minimum Gasteiger partial charge on any atom is -0.455 e. The summed E-state index contributed by atoms with van der Waals surface area (Å²) in [5.74, 6) is -0.719. The molecule has 0 radical (unpaired) electrons. The Morgan fingerprint density at radius 1 is 1.00 bits per heavy atom. The van der Waals surface area contributed by atoms with E-state index in [1.165, 1.54) is 11.8 Å². The number of thioether (sulfide) groups is 1. The first kappa shape index (κ1) is 18.4. The topological polar surface area (TPSA) is 81.2 Å². The van der Waals surface area contributed by atoms with E-state index in [0.29, 0.717) is 16.7 Å². The highest BCUT2D eigenvalue weighted by Crippen LogP contribution is 2.24. The van der Waals surface area contributed by atoms with Crippen molar-refractivity contribution in [2.75, 3.05) is 17.7 Å². The molecule has 0 aliphatic heterocycles. The van der Waals surface area contributed by atoms with Crippen LogP contribution in [-0.2, 0) is 14.3 Å². The molecular formula is C20H15N3O3S2. The molecule has 0 unspecified atom stereocenters. The van der Waals surface area contributed by atoms with Gasteiger partial charge in [0.25, 0.3) is 5.91 Å². The van der Waals surface area contributed by atoms with Crippen LogP contribution >= 0.6 is 23.5 Å². The summed E-state index contributed by atoms with van der Waals surface area (Å²) in [5.41, 5.74) is 1.89. The van der Waals surface area contributed by atoms with Gasteiger partial charge in [0.1, 0.15) is 11.0 Å². The number of fused-ring (bicyclic) bond motifs is 2. The Labute approximate surface area is 169 Å². The van der Waals surface area contributed by atoms with Gasteiger partial charge in [-0.2, -0.15) is 8.75 Å². The van der Waals surface area contributed by atoms with E-state index in [9.17, 15) is 9.59 Å². The molecule has 0 bridgehead atoms. The van der Waals surface area contributed by atoms with E-state index in [2.05, 4.69) is 14.1 Å². The summed E-state index contributed by atoms with van der Waals surface area (Å²) >= 11 is 2.46. The third-order valence-electron chi connectivity index (χ3n) is 4.00. The predicted molar refractivity (Wildman–Crippen MR) is 112 cm³/mol. The first-order valence-electron chi connectivity index (χ1n) is 8.47. The van der Waals surface area contributed by atoms with Gasteiger partial charge in [-0.05, 0) is 35.0 Å². The number of hydrogen-bond donors (Lipinski definition) is 1. The second-order valence-electron chi connectivity index (χ2n) is 5.94. The fraction of sp³-hybridized carbons (Fsp3) is 0.100. The molecular weight excluding hydrogens is 394 g/mol. The van der Waals surface area contributed by atoms with Crippen LogP contribution in [0.3, 0.4) is 0 Å². The van der Waals surface area contributed by atoms with E-state index in [0.717, 1.165) is 27.4 Å². The highest BCUT2D eigenvalue weighted by molar-refractivity contribution is 8.00. The monoisotopic (exact) mass is 409 g/mol. The molecule has 0 atom stereocenters. The van der Waals surface area contributed by atoms with Gasteiger partial charge in [0, 0.05) is 4.90 Å². The summed E-state index contributed by atoms with van der Waals surface area (Å²) in [6.07, 6.45) is 0. The van der Waals surface area contributed by atoms with Crippen LogP contribution in [0.5, 0.6) is 0 Å². The summed E-state index contributed by atoms with van der Waals surface area (Å²) < 4.78 is 13.4. The second-order valence-corrected chi connectivity index (χ2v) is 7.52. The number of nitrogens with one attached hydrogen (secondary N) is 1. The summed E-state index contributed by atoms with van der Waals surface area (Å²) in [7, 11) is 0. The molecule has 1 N–H and O–H groups in total. The summed E-state index contributed by atoms with van der Waals surface area (Å²) in [6, 6.07) is 19.4. The molecule has 0 fully saturated rings. The molecule has 4 rings (SSSR count). The number of amides is 1. The molecule has 0 aliphatic carbocycles. The van der Waals surface area contributed by atoms with Crippen molar-refractivity contribution in [1.29, 1.82) is 0 Å².